The molecular weight excluding hydrogens is 441 g/mol. The predicted octanol–water partition coefficient (Wildman–Crippen LogP) is 4.38. The van der Waals surface area contributed by atoms with Crippen molar-refractivity contribution in [1.82, 2.24) is 4.98 Å². The highest BCUT2D eigenvalue weighted by Crippen LogP contribution is 2.36. The quantitative estimate of drug-likeness (QED) is 0.220. The van der Waals surface area contributed by atoms with Crippen LogP contribution in [0.15, 0.2) is 52.0 Å². The van der Waals surface area contributed by atoms with Gasteiger partial charge in [-0.25, -0.2) is 14.6 Å². The van der Waals surface area contributed by atoms with Crippen molar-refractivity contribution < 1.29 is 37.2 Å². The Hall–Kier alpha value is -3.41. The van der Waals surface area contributed by atoms with Crippen molar-refractivity contribution >= 4 is 35.5 Å². The largest absolute Gasteiger partial charge is 0.419 e. The SMILES string of the molecule is CC1(C)OC(=O)C(=Cc2ccc(Sc3ccc(C(F)(F)F)cn3)c([N+](=O)[O-])c2)C(=O)O1. The molecule has 31 heavy (non-hydrogen) atoms. The minimum atomic E-state index is -4.55. The van der Waals surface area contributed by atoms with E-state index in [1.165, 1.54) is 26.0 Å². The van der Waals surface area contributed by atoms with Crippen LogP contribution in [0, 0.1) is 10.1 Å². The number of rotatable bonds is 4. The molecule has 8 nitrogen and oxygen atoms in total. The first kappa shape index (κ1) is 22.3. The number of carbonyl (C=O) groups is 2. The van der Waals surface area contributed by atoms with Gasteiger partial charge in [0.1, 0.15) is 10.6 Å². The van der Waals surface area contributed by atoms with Crippen LogP contribution < -0.4 is 0 Å². The van der Waals surface area contributed by atoms with Crippen LogP contribution in [0.25, 0.3) is 6.08 Å². The van der Waals surface area contributed by atoms with E-state index in [9.17, 15) is 32.9 Å². The summed E-state index contributed by atoms with van der Waals surface area (Å²) in [4.78, 5) is 38.6. The molecule has 0 aliphatic carbocycles. The molecule has 162 valence electrons. The van der Waals surface area contributed by atoms with E-state index >= 15 is 0 Å². The lowest BCUT2D eigenvalue weighted by atomic mass is 10.1. The number of benzene rings is 1. The number of ether oxygens (including phenoxy) is 2. The minimum Gasteiger partial charge on any atom is -0.419 e. The van der Waals surface area contributed by atoms with Gasteiger partial charge >= 0.3 is 18.1 Å². The monoisotopic (exact) mass is 454 g/mol. The molecule has 2 heterocycles. The predicted molar refractivity (Wildman–Crippen MR) is 101 cm³/mol. The highest BCUT2D eigenvalue weighted by molar-refractivity contribution is 7.99. The number of nitrogens with zero attached hydrogens (tertiary/aromatic N) is 2. The van der Waals surface area contributed by atoms with Crippen LogP contribution in [0.1, 0.15) is 25.0 Å². The van der Waals surface area contributed by atoms with Gasteiger partial charge in [-0.05, 0) is 29.8 Å². The molecule has 3 rings (SSSR count). The molecule has 0 spiro atoms. The van der Waals surface area contributed by atoms with Gasteiger partial charge in [0.2, 0.25) is 0 Å². The Morgan fingerprint density at radius 2 is 1.77 bits per heavy atom. The number of hydrogen-bond donors (Lipinski definition) is 0. The molecule has 0 amide bonds. The number of aromatic nitrogens is 1. The molecule has 0 radical (unpaired) electrons. The topological polar surface area (TPSA) is 109 Å². The zero-order valence-electron chi connectivity index (χ0n) is 15.9. The lowest BCUT2D eigenvalue weighted by Gasteiger charge is -2.29. The Kier molecular flexibility index (Phi) is 5.77. The summed E-state index contributed by atoms with van der Waals surface area (Å²) in [7, 11) is 0. The second-order valence-corrected chi connectivity index (χ2v) is 7.77. The fraction of sp³-hybridized carbons (Fsp3) is 0.211. The van der Waals surface area contributed by atoms with Gasteiger partial charge in [-0.2, -0.15) is 13.2 Å². The first-order valence-corrected chi connectivity index (χ1v) is 9.35. The Morgan fingerprint density at radius 1 is 1.13 bits per heavy atom. The molecule has 1 aromatic carbocycles. The van der Waals surface area contributed by atoms with Crippen LogP contribution in [0.5, 0.6) is 0 Å². The van der Waals surface area contributed by atoms with E-state index in [4.69, 9.17) is 9.47 Å². The first-order chi connectivity index (χ1) is 14.4. The van der Waals surface area contributed by atoms with E-state index in [0.29, 0.717) is 6.20 Å². The number of halogens is 3. The van der Waals surface area contributed by atoms with Crippen LogP contribution >= 0.6 is 11.8 Å². The third kappa shape index (κ3) is 5.20. The average molecular weight is 454 g/mol. The van der Waals surface area contributed by atoms with Gasteiger partial charge in [0, 0.05) is 26.1 Å². The summed E-state index contributed by atoms with van der Waals surface area (Å²) in [6, 6.07) is 5.76. The second-order valence-electron chi connectivity index (χ2n) is 6.71. The zero-order valence-corrected chi connectivity index (χ0v) is 16.7. The van der Waals surface area contributed by atoms with Crippen LogP contribution in [0.3, 0.4) is 0 Å². The summed E-state index contributed by atoms with van der Waals surface area (Å²) in [6.45, 7) is 2.76. The molecule has 0 N–H and O–H groups in total. The summed E-state index contributed by atoms with van der Waals surface area (Å²) >= 11 is 0.793. The molecule has 0 unspecified atom stereocenters. The summed E-state index contributed by atoms with van der Waals surface area (Å²) < 4.78 is 47.9. The van der Waals surface area contributed by atoms with Gasteiger partial charge in [-0.15, -0.1) is 0 Å². The highest BCUT2D eigenvalue weighted by Gasteiger charge is 2.39. The number of hydrogen-bond acceptors (Lipinski definition) is 8. The summed E-state index contributed by atoms with van der Waals surface area (Å²) in [5.41, 5.74) is -1.61. The third-order valence-electron chi connectivity index (χ3n) is 3.89. The normalized spacial score (nSPS) is 15.8. The lowest BCUT2D eigenvalue weighted by molar-refractivity contribution is -0.387. The molecule has 0 atom stereocenters. The highest BCUT2D eigenvalue weighted by atomic mass is 32.2. The van der Waals surface area contributed by atoms with Gasteiger partial charge in [0.25, 0.3) is 11.5 Å². The van der Waals surface area contributed by atoms with Gasteiger partial charge in [-0.1, -0.05) is 17.8 Å². The van der Waals surface area contributed by atoms with Crippen molar-refractivity contribution in [3.8, 4) is 0 Å². The Morgan fingerprint density at radius 3 is 2.29 bits per heavy atom. The minimum absolute atomic E-state index is 0.106. The first-order valence-electron chi connectivity index (χ1n) is 8.54. The van der Waals surface area contributed by atoms with Crippen LogP contribution in [0.4, 0.5) is 18.9 Å². The van der Waals surface area contributed by atoms with Gasteiger partial charge in [-0.3, -0.25) is 10.1 Å². The van der Waals surface area contributed by atoms with Crippen molar-refractivity contribution in [1.29, 1.82) is 0 Å². The number of nitro benzene ring substituents is 1. The molecule has 12 heteroatoms. The summed E-state index contributed by atoms with van der Waals surface area (Å²) in [5.74, 6) is -3.29. The van der Waals surface area contributed by atoms with Gasteiger partial charge in [0.05, 0.1) is 15.4 Å². The van der Waals surface area contributed by atoms with E-state index in [2.05, 4.69) is 4.98 Å². The van der Waals surface area contributed by atoms with E-state index in [0.717, 1.165) is 36.0 Å². The maximum absolute atomic E-state index is 12.6. The number of alkyl halides is 3. The third-order valence-corrected chi connectivity index (χ3v) is 4.90. The maximum Gasteiger partial charge on any atom is 0.417 e. The van der Waals surface area contributed by atoms with Crippen molar-refractivity contribution in [2.45, 2.75) is 35.7 Å². The van der Waals surface area contributed by atoms with E-state index < -0.39 is 40.0 Å². The second kappa shape index (κ2) is 8.02. The summed E-state index contributed by atoms with van der Waals surface area (Å²) in [6.07, 6.45) is -2.82. The summed E-state index contributed by atoms with van der Waals surface area (Å²) in [5, 5.41) is 11.6. The number of pyridine rings is 1. The molecule has 0 bridgehead atoms. The zero-order chi connectivity index (χ0) is 23.0. The number of carbonyl (C=O) groups excluding carboxylic acids is 2. The van der Waals surface area contributed by atoms with Crippen LogP contribution in [-0.2, 0) is 25.2 Å². The number of esters is 2. The van der Waals surface area contributed by atoms with Gasteiger partial charge in [0.15, 0.2) is 0 Å². The molecule has 1 saturated heterocycles. The molecule has 1 aliphatic rings. The molecule has 1 aromatic heterocycles. The van der Waals surface area contributed by atoms with E-state index in [1.807, 2.05) is 0 Å². The van der Waals surface area contributed by atoms with Crippen LogP contribution in [-0.4, -0.2) is 27.6 Å². The van der Waals surface area contributed by atoms with Crippen molar-refractivity contribution in [3.63, 3.8) is 0 Å². The molecule has 2 aromatic rings. The van der Waals surface area contributed by atoms with E-state index in [-0.39, 0.29) is 21.2 Å². The molecule has 1 fully saturated rings. The Balaban J connectivity index is 1.89. The van der Waals surface area contributed by atoms with Gasteiger partial charge < -0.3 is 9.47 Å². The standard InChI is InChI=1S/C19H13F3N2O6S/c1-18(2)29-16(25)12(17(26)30-18)7-10-3-5-14(13(8-10)24(27)28)31-15-6-4-11(9-23-15)19(20,21)22/h3-9H,1-2H3. The molecular formula is C19H13F3N2O6S. The Labute approximate surface area is 177 Å². The van der Waals surface area contributed by atoms with Crippen molar-refractivity contribution in [2.75, 3.05) is 0 Å². The molecule has 0 saturated carbocycles. The fourth-order valence-corrected chi connectivity index (χ4v) is 3.36. The number of nitro groups is 1. The Bertz CT molecular complexity index is 1070. The average Bonchev–Trinajstić information content (AvgIpc) is 2.64. The van der Waals surface area contributed by atoms with Crippen LogP contribution in [0.2, 0.25) is 0 Å². The van der Waals surface area contributed by atoms with E-state index in [1.54, 1.807) is 0 Å². The molecule has 1 aliphatic heterocycles. The number of cyclic esters (lactones) is 2. The smallest absolute Gasteiger partial charge is 0.417 e. The van der Waals surface area contributed by atoms with Crippen molar-refractivity contribution in [3.05, 3.63) is 63.3 Å². The lowest BCUT2D eigenvalue weighted by Crippen LogP contribution is -2.41. The fourth-order valence-electron chi connectivity index (χ4n) is 2.52. The van der Waals surface area contributed by atoms with Crippen molar-refractivity contribution in [2.24, 2.45) is 0 Å². The maximum atomic E-state index is 12.6.